The summed E-state index contributed by atoms with van der Waals surface area (Å²) in [5.41, 5.74) is 1.26. The van der Waals surface area contributed by atoms with Crippen LogP contribution in [0.4, 0.5) is 0 Å². The maximum absolute atomic E-state index is 12.9. The summed E-state index contributed by atoms with van der Waals surface area (Å²) >= 11 is 10.8. The quantitative estimate of drug-likeness (QED) is 0.536. The predicted octanol–water partition coefficient (Wildman–Crippen LogP) is 5.19. The molecule has 0 amide bonds. The SMILES string of the molecule is CC(C)(C)C(=O)n1nc(-c2cc(Br)[nH]c(=O)c2)cc1CCc1ccc(Cl)s1. The number of hydrogen-bond donors (Lipinski definition) is 1. The fourth-order valence-corrected chi connectivity index (χ4v) is 4.16. The van der Waals surface area contributed by atoms with E-state index >= 15 is 0 Å². The lowest BCUT2D eigenvalue weighted by atomic mass is 9.95. The fraction of sp³-hybridized carbons (Fsp3) is 0.316. The Bertz CT molecular complexity index is 1050. The molecule has 1 N–H and O–H groups in total. The number of aromatic nitrogens is 3. The lowest BCUT2D eigenvalue weighted by Gasteiger charge is -2.17. The first-order valence-corrected chi connectivity index (χ1v) is 10.4. The maximum Gasteiger partial charge on any atom is 0.252 e. The zero-order chi connectivity index (χ0) is 19.8. The van der Waals surface area contributed by atoms with E-state index in [4.69, 9.17) is 11.6 Å². The largest absolute Gasteiger partial charge is 0.317 e. The molecule has 0 spiro atoms. The Balaban J connectivity index is 2.00. The van der Waals surface area contributed by atoms with Crippen LogP contribution in [-0.2, 0) is 12.8 Å². The van der Waals surface area contributed by atoms with Crippen molar-refractivity contribution in [2.45, 2.75) is 33.6 Å². The third kappa shape index (κ3) is 4.78. The summed E-state index contributed by atoms with van der Waals surface area (Å²) in [5.74, 6) is -0.0862. The molecule has 8 heteroatoms. The van der Waals surface area contributed by atoms with E-state index in [1.807, 2.05) is 39.0 Å². The van der Waals surface area contributed by atoms with Gasteiger partial charge in [-0.1, -0.05) is 32.4 Å². The minimum atomic E-state index is -0.570. The fourth-order valence-electron chi connectivity index (χ4n) is 2.63. The third-order valence-corrected chi connectivity index (χ3v) is 5.70. The van der Waals surface area contributed by atoms with Crippen LogP contribution in [0.15, 0.2) is 39.7 Å². The van der Waals surface area contributed by atoms with Crippen LogP contribution in [0.2, 0.25) is 4.34 Å². The Labute approximate surface area is 174 Å². The smallest absolute Gasteiger partial charge is 0.252 e. The molecule has 3 aromatic rings. The summed E-state index contributed by atoms with van der Waals surface area (Å²) < 4.78 is 2.79. The molecule has 27 heavy (non-hydrogen) atoms. The molecule has 0 unspecified atom stereocenters. The van der Waals surface area contributed by atoms with Gasteiger partial charge in [-0.15, -0.1) is 11.3 Å². The number of halogens is 2. The molecule has 0 fully saturated rings. The molecule has 3 heterocycles. The van der Waals surface area contributed by atoms with Crippen LogP contribution in [0.3, 0.4) is 0 Å². The number of carbonyl (C=O) groups is 1. The van der Waals surface area contributed by atoms with Gasteiger partial charge in [0.2, 0.25) is 5.56 Å². The van der Waals surface area contributed by atoms with Crippen LogP contribution < -0.4 is 5.56 Å². The summed E-state index contributed by atoms with van der Waals surface area (Å²) in [6.45, 7) is 5.59. The molecule has 0 saturated heterocycles. The minimum Gasteiger partial charge on any atom is -0.317 e. The van der Waals surface area contributed by atoms with E-state index in [9.17, 15) is 9.59 Å². The Morgan fingerprint density at radius 3 is 2.59 bits per heavy atom. The van der Waals surface area contributed by atoms with Crippen LogP contribution in [0, 0.1) is 5.41 Å². The van der Waals surface area contributed by atoms with Crippen molar-refractivity contribution in [3.63, 3.8) is 0 Å². The zero-order valence-electron chi connectivity index (χ0n) is 15.2. The van der Waals surface area contributed by atoms with Gasteiger partial charge in [0.05, 0.1) is 14.6 Å². The van der Waals surface area contributed by atoms with Gasteiger partial charge < -0.3 is 4.98 Å². The normalized spacial score (nSPS) is 11.7. The summed E-state index contributed by atoms with van der Waals surface area (Å²) in [6, 6.07) is 8.99. The molecule has 0 aliphatic heterocycles. The first-order chi connectivity index (χ1) is 12.6. The lowest BCUT2D eigenvalue weighted by Crippen LogP contribution is -2.29. The van der Waals surface area contributed by atoms with Crippen molar-refractivity contribution in [2.24, 2.45) is 5.41 Å². The van der Waals surface area contributed by atoms with Gasteiger partial charge in [-0.2, -0.15) is 5.10 Å². The second kappa shape index (κ2) is 7.73. The van der Waals surface area contributed by atoms with Gasteiger partial charge in [-0.25, -0.2) is 4.68 Å². The summed E-state index contributed by atoms with van der Waals surface area (Å²) in [7, 11) is 0. The van der Waals surface area contributed by atoms with Gasteiger partial charge in [-0.05, 0) is 53.0 Å². The number of thiophene rings is 1. The molecule has 0 aromatic carbocycles. The molecular weight excluding hydrogens is 450 g/mol. The van der Waals surface area contributed by atoms with Crippen molar-refractivity contribution in [1.82, 2.24) is 14.8 Å². The van der Waals surface area contributed by atoms with Crippen LogP contribution in [0.1, 0.15) is 36.1 Å². The number of carbonyl (C=O) groups excluding carboxylic acids is 1. The molecule has 3 aromatic heterocycles. The highest BCUT2D eigenvalue weighted by Crippen LogP contribution is 2.26. The van der Waals surface area contributed by atoms with Gasteiger partial charge in [0, 0.05) is 27.6 Å². The lowest BCUT2D eigenvalue weighted by molar-refractivity contribution is 0.0745. The summed E-state index contributed by atoms with van der Waals surface area (Å²) in [4.78, 5) is 28.5. The number of rotatable bonds is 4. The van der Waals surface area contributed by atoms with Crippen molar-refractivity contribution in [3.05, 3.63) is 60.2 Å². The van der Waals surface area contributed by atoms with Crippen molar-refractivity contribution < 1.29 is 4.79 Å². The first-order valence-electron chi connectivity index (χ1n) is 8.42. The van der Waals surface area contributed by atoms with Crippen molar-refractivity contribution >= 4 is 44.8 Å². The average molecular weight is 469 g/mol. The second-order valence-corrected chi connectivity index (χ2v) is 9.93. The number of aryl methyl sites for hydroxylation is 2. The van der Waals surface area contributed by atoms with Gasteiger partial charge >= 0.3 is 0 Å². The van der Waals surface area contributed by atoms with Gasteiger partial charge in [0.1, 0.15) is 0 Å². The summed E-state index contributed by atoms with van der Waals surface area (Å²) in [5, 5.41) is 4.52. The number of nitrogens with one attached hydrogen (secondary N) is 1. The van der Waals surface area contributed by atoms with Crippen LogP contribution in [-0.4, -0.2) is 20.7 Å². The molecule has 0 bridgehead atoms. The molecule has 5 nitrogen and oxygen atoms in total. The third-order valence-electron chi connectivity index (χ3n) is 3.98. The van der Waals surface area contributed by atoms with E-state index in [-0.39, 0.29) is 11.5 Å². The number of pyridine rings is 1. The highest BCUT2D eigenvalue weighted by Gasteiger charge is 2.27. The Morgan fingerprint density at radius 2 is 2.00 bits per heavy atom. The maximum atomic E-state index is 12.9. The van der Waals surface area contributed by atoms with Crippen LogP contribution in [0.25, 0.3) is 11.3 Å². The van der Waals surface area contributed by atoms with Gasteiger partial charge in [0.25, 0.3) is 5.91 Å². The van der Waals surface area contributed by atoms with E-state index in [2.05, 4.69) is 26.0 Å². The van der Waals surface area contributed by atoms with E-state index in [1.54, 1.807) is 6.07 Å². The van der Waals surface area contributed by atoms with Crippen molar-refractivity contribution in [3.8, 4) is 11.3 Å². The number of H-pyrrole nitrogens is 1. The molecule has 0 aliphatic carbocycles. The number of aromatic amines is 1. The Kier molecular flexibility index (Phi) is 5.74. The molecule has 0 atom stereocenters. The predicted molar refractivity (Wildman–Crippen MR) is 113 cm³/mol. The van der Waals surface area contributed by atoms with Crippen LogP contribution in [0.5, 0.6) is 0 Å². The van der Waals surface area contributed by atoms with E-state index in [0.717, 1.165) is 21.3 Å². The van der Waals surface area contributed by atoms with Crippen molar-refractivity contribution in [1.29, 1.82) is 0 Å². The summed E-state index contributed by atoms with van der Waals surface area (Å²) in [6.07, 6.45) is 1.41. The topological polar surface area (TPSA) is 67.8 Å². The molecular formula is C19H19BrClN3O2S. The molecule has 0 radical (unpaired) electrons. The van der Waals surface area contributed by atoms with E-state index in [0.29, 0.717) is 22.3 Å². The van der Waals surface area contributed by atoms with Gasteiger partial charge in [-0.3, -0.25) is 9.59 Å². The molecule has 0 aliphatic rings. The average Bonchev–Trinajstić information content (AvgIpc) is 3.16. The zero-order valence-corrected chi connectivity index (χ0v) is 18.3. The molecule has 0 saturated carbocycles. The molecule has 3 rings (SSSR count). The highest BCUT2D eigenvalue weighted by atomic mass is 79.9. The Morgan fingerprint density at radius 1 is 1.26 bits per heavy atom. The number of hydrogen-bond acceptors (Lipinski definition) is 4. The number of nitrogens with zero attached hydrogens (tertiary/aromatic N) is 2. The highest BCUT2D eigenvalue weighted by molar-refractivity contribution is 9.10. The van der Waals surface area contributed by atoms with Gasteiger partial charge in [0.15, 0.2) is 0 Å². The Hall–Kier alpha value is -1.70. The monoisotopic (exact) mass is 467 g/mol. The van der Waals surface area contributed by atoms with Crippen molar-refractivity contribution in [2.75, 3.05) is 0 Å². The minimum absolute atomic E-state index is 0.0862. The van der Waals surface area contributed by atoms with E-state index in [1.165, 1.54) is 22.1 Å². The first kappa shape index (κ1) is 20.0. The standard InChI is InChI=1S/C19H19BrClN3O2S/c1-19(2,3)18(26)24-12(4-5-13-6-7-16(21)27-13)10-14(23-24)11-8-15(20)22-17(25)9-11/h6-10H,4-5H2,1-3H3,(H,22,25). The van der Waals surface area contributed by atoms with E-state index < -0.39 is 5.41 Å². The van der Waals surface area contributed by atoms with Crippen LogP contribution >= 0.6 is 38.9 Å². The second-order valence-electron chi connectivity index (χ2n) is 7.27. The molecule has 142 valence electrons.